The van der Waals surface area contributed by atoms with Crippen LogP contribution in [0.5, 0.6) is 17.2 Å². The molecule has 2 rings (SSSR count). The van der Waals surface area contributed by atoms with E-state index in [9.17, 15) is 4.79 Å². The molecule has 0 bridgehead atoms. The molecule has 0 radical (unpaired) electrons. The van der Waals surface area contributed by atoms with E-state index < -0.39 is 0 Å². The van der Waals surface area contributed by atoms with Gasteiger partial charge in [0.05, 0.1) is 32.6 Å². The third-order valence-corrected chi connectivity index (χ3v) is 5.12. The molecule has 0 heterocycles. The number of ether oxygens (including phenoxy) is 3. The number of carbonyl (C=O) groups excluding carboxylic acids is 1. The van der Waals surface area contributed by atoms with Crippen LogP contribution in [0.4, 0.5) is 0 Å². The molecule has 0 aliphatic rings. The van der Waals surface area contributed by atoms with Crippen LogP contribution in [-0.2, 0) is 4.79 Å². The van der Waals surface area contributed by atoms with Gasteiger partial charge in [0.15, 0.2) is 11.5 Å². The molecule has 0 aliphatic heterocycles. The standard InChI is InChI=1S/C20H25NO4S/c1-13(15-6-11-18(24-4)19(12-15)25-5)21-20(22)14(2)26-17-9-7-16(23-3)8-10-17/h6-14H,1-5H3,(H,21,22). The molecule has 2 atom stereocenters. The first kappa shape index (κ1) is 20.0. The Morgan fingerprint density at radius 2 is 1.58 bits per heavy atom. The Hall–Kier alpha value is -2.34. The fraction of sp³-hybridized carbons (Fsp3) is 0.350. The summed E-state index contributed by atoms with van der Waals surface area (Å²) in [5.41, 5.74) is 0.956. The van der Waals surface area contributed by atoms with Crippen molar-refractivity contribution in [2.75, 3.05) is 21.3 Å². The van der Waals surface area contributed by atoms with Gasteiger partial charge in [-0.25, -0.2) is 0 Å². The van der Waals surface area contributed by atoms with E-state index in [0.29, 0.717) is 11.5 Å². The van der Waals surface area contributed by atoms with Crippen LogP contribution in [0.2, 0.25) is 0 Å². The highest BCUT2D eigenvalue weighted by molar-refractivity contribution is 8.00. The van der Waals surface area contributed by atoms with Gasteiger partial charge in [0.25, 0.3) is 0 Å². The van der Waals surface area contributed by atoms with Crippen molar-refractivity contribution < 1.29 is 19.0 Å². The van der Waals surface area contributed by atoms with E-state index in [1.807, 2.05) is 56.3 Å². The van der Waals surface area contributed by atoms with Gasteiger partial charge in [-0.05, 0) is 55.8 Å². The van der Waals surface area contributed by atoms with Gasteiger partial charge in [0.1, 0.15) is 5.75 Å². The van der Waals surface area contributed by atoms with Crippen LogP contribution in [0.3, 0.4) is 0 Å². The maximum atomic E-state index is 12.5. The number of hydrogen-bond donors (Lipinski definition) is 1. The summed E-state index contributed by atoms with van der Waals surface area (Å²) < 4.78 is 15.7. The minimum Gasteiger partial charge on any atom is -0.497 e. The summed E-state index contributed by atoms with van der Waals surface area (Å²) in [6.07, 6.45) is 0. The van der Waals surface area contributed by atoms with Crippen molar-refractivity contribution in [1.29, 1.82) is 0 Å². The molecule has 0 saturated heterocycles. The van der Waals surface area contributed by atoms with Crippen molar-refractivity contribution in [3.63, 3.8) is 0 Å². The molecular formula is C20H25NO4S. The van der Waals surface area contributed by atoms with Crippen LogP contribution in [0.15, 0.2) is 47.4 Å². The zero-order chi connectivity index (χ0) is 19.1. The normalized spacial score (nSPS) is 12.8. The molecular weight excluding hydrogens is 350 g/mol. The fourth-order valence-electron chi connectivity index (χ4n) is 2.45. The zero-order valence-corrected chi connectivity index (χ0v) is 16.6. The van der Waals surface area contributed by atoms with Crippen molar-refractivity contribution in [2.45, 2.75) is 30.0 Å². The summed E-state index contributed by atoms with van der Waals surface area (Å²) in [6.45, 7) is 3.84. The molecule has 0 aromatic heterocycles. The summed E-state index contributed by atoms with van der Waals surface area (Å²) in [5.74, 6) is 2.09. The highest BCUT2D eigenvalue weighted by Crippen LogP contribution is 2.30. The van der Waals surface area contributed by atoms with Crippen molar-refractivity contribution in [2.24, 2.45) is 0 Å². The number of benzene rings is 2. The van der Waals surface area contributed by atoms with Crippen molar-refractivity contribution in [3.05, 3.63) is 48.0 Å². The summed E-state index contributed by atoms with van der Waals surface area (Å²) in [4.78, 5) is 13.5. The van der Waals surface area contributed by atoms with Gasteiger partial charge >= 0.3 is 0 Å². The SMILES string of the molecule is COc1ccc(SC(C)C(=O)NC(C)c2ccc(OC)c(OC)c2)cc1. The van der Waals surface area contributed by atoms with Gasteiger partial charge in [-0.3, -0.25) is 4.79 Å². The molecule has 0 saturated carbocycles. The predicted octanol–water partition coefficient (Wildman–Crippen LogP) is 4.07. The second-order valence-corrected chi connectivity index (χ2v) is 7.19. The van der Waals surface area contributed by atoms with Crippen LogP contribution < -0.4 is 19.5 Å². The molecule has 6 heteroatoms. The Balaban J connectivity index is 1.98. The largest absolute Gasteiger partial charge is 0.497 e. The average molecular weight is 375 g/mol. The van der Waals surface area contributed by atoms with E-state index in [0.717, 1.165) is 16.2 Å². The first-order valence-electron chi connectivity index (χ1n) is 8.31. The number of thioether (sulfide) groups is 1. The van der Waals surface area contributed by atoms with E-state index in [2.05, 4.69) is 5.32 Å². The predicted molar refractivity (Wildman–Crippen MR) is 104 cm³/mol. The molecule has 1 amide bonds. The first-order chi connectivity index (χ1) is 12.5. The summed E-state index contributed by atoms with van der Waals surface area (Å²) in [7, 11) is 4.83. The maximum Gasteiger partial charge on any atom is 0.233 e. The van der Waals surface area contributed by atoms with Gasteiger partial charge in [0, 0.05) is 4.90 Å². The molecule has 2 aromatic rings. The van der Waals surface area contributed by atoms with Gasteiger partial charge in [-0.15, -0.1) is 11.8 Å². The number of hydrogen-bond acceptors (Lipinski definition) is 5. The molecule has 5 nitrogen and oxygen atoms in total. The molecule has 140 valence electrons. The second-order valence-electron chi connectivity index (χ2n) is 5.78. The lowest BCUT2D eigenvalue weighted by Gasteiger charge is -2.19. The quantitative estimate of drug-likeness (QED) is 0.705. The lowest BCUT2D eigenvalue weighted by molar-refractivity contribution is -0.120. The second kappa shape index (κ2) is 9.38. The minimum absolute atomic E-state index is 0.0203. The van der Waals surface area contributed by atoms with Crippen LogP contribution >= 0.6 is 11.8 Å². The Morgan fingerprint density at radius 1 is 0.923 bits per heavy atom. The number of carbonyl (C=O) groups is 1. The Kier molecular flexibility index (Phi) is 7.21. The van der Waals surface area contributed by atoms with Crippen LogP contribution in [0.1, 0.15) is 25.5 Å². The zero-order valence-electron chi connectivity index (χ0n) is 15.7. The molecule has 26 heavy (non-hydrogen) atoms. The van der Waals surface area contributed by atoms with Crippen molar-refractivity contribution in [3.8, 4) is 17.2 Å². The van der Waals surface area contributed by atoms with Gasteiger partial charge in [0.2, 0.25) is 5.91 Å². The fourth-order valence-corrected chi connectivity index (χ4v) is 3.32. The number of methoxy groups -OCH3 is 3. The van der Waals surface area contributed by atoms with Crippen LogP contribution in [0.25, 0.3) is 0 Å². The van der Waals surface area contributed by atoms with Crippen LogP contribution in [-0.4, -0.2) is 32.5 Å². The van der Waals surface area contributed by atoms with E-state index in [-0.39, 0.29) is 17.2 Å². The topological polar surface area (TPSA) is 56.8 Å². The number of amides is 1. The number of rotatable bonds is 8. The number of nitrogens with one attached hydrogen (secondary N) is 1. The van der Waals surface area contributed by atoms with Crippen molar-refractivity contribution >= 4 is 17.7 Å². The highest BCUT2D eigenvalue weighted by Gasteiger charge is 2.18. The molecule has 1 N–H and O–H groups in total. The first-order valence-corrected chi connectivity index (χ1v) is 9.19. The molecule has 2 aromatic carbocycles. The third-order valence-electron chi connectivity index (χ3n) is 4.01. The average Bonchev–Trinajstić information content (AvgIpc) is 2.67. The summed E-state index contributed by atoms with van der Waals surface area (Å²) in [5, 5.41) is 2.83. The Labute approximate surface area is 159 Å². The smallest absolute Gasteiger partial charge is 0.233 e. The van der Waals surface area contributed by atoms with Gasteiger partial charge < -0.3 is 19.5 Å². The molecule has 0 aliphatic carbocycles. The Morgan fingerprint density at radius 3 is 2.15 bits per heavy atom. The third kappa shape index (κ3) is 5.08. The highest BCUT2D eigenvalue weighted by atomic mass is 32.2. The molecule has 0 fully saturated rings. The Bertz CT molecular complexity index is 733. The summed E-state index contributed by atoms with van der Waals surface area (Å²) in [6, 6.07) is 13.2. The lowest BCUT2D eigenvalue weighted by atomic mass is 10.1. The van der Waals surface area contributed by atoms with Crippen molar-refractivity contribution in [1.82, 2.24) is 5.32 Å². The van der Waals surface area contributed by atoms with E-state index in [4.69, 9.17) is 14.2 Å². The van der Waals surface area contributed by atoms with Gasteiger partial charge in [-0.1, -0.05) is 6.07 Å². The van der Waals surface area contributed by atoms with E-state index in [1.165, 1.54) is 11.8 Å². The summed E-state index contributed by atoms with van der Waals surface area (Å²) >= 11 is 1.51. The van der Waals surface area contributed by atoms with E-state index >= 15 is 0 Å². The monoisotopic (exact) mass is 375 g/mol. The molecule has 2 unspecified atom stereocenters. The molecule has 0 spiro atoms. The van der Waals surface area contributed by atoms with Crippen LogP contribution in [0, 0.1) is 0 Å². The van der Waals surface area contributed by atoms with E-state index in [1.54, 1.807) is 21.3 Å². The van der Waals surface area contributed by atoms with Gasteiger partial charge in [-0.2, -0.15) is 0 Å². The maximum absolute atomic E-state index is 12.5. The lowest BCUT2D eigenvalue weighted by Crippen LogP contribution is -2.33. The minimum atomic E-state index is -0.217.